The highest BCUT2D eigenvalue weighted by molar-refractivity contribution is 5.53. The summed E-state index contributed by atoms with van der Waals surface area (Å²) in [6, 6.07) is 3.58. The average molecular weight is 425 g/mol. The predicted octanol–water partition coefficient (Wildman–Crippen LogP) is 5.35. The highest BCUT2D eigenvalue weighted by Crippen LogP contribution is 2.38. The molecule has 1 unspecified atom stereocenters. The quantitative estimate of drug-likeness (QED) is 0.700. The smallest absolute Gasteiger partial charge is 0.381 e. The first-order chi connectivity index (χ1) is 14.0. The van der Waals surface area contributed by atoms with Crippen LogP contribution in [0.15, 0.2) is 18.2 Å². The van der Waals surface area contributed by atoms with Gasteiger partial charge in [0.15, 0.2) is 5.82 Å². The third-order valence-electron chi connectivity index (χ3n) is 5.35. The van der Waals surface area contributed by atoms with E-state index >= 15 is 0 Å². The van der Waals surface area contributed by atoms with Gasteiger partial charge in [-0.25, -0.2) is 14.6 Å². The lowest BCUT2D eigenvalue weighted by Gasteiger charge is -2.28. The summed E-state index contributed by atoms with van der Waals surface area (Å²) in [5.74, 6) is 1.13. The van der Waals surface area contributed by atoms with Crippen LogP contribution in [-0.4, -0.2) is 44.7 Å². The van der Waals surface area contributed by atoms with E-state index in [0.29, 0.717) is 17.3 Å². The van der Waals surface area contributed by atoms with E-state index in [4.69, 9.17) is 4.74 Å². The topological polar surface area (TPSA) is 64.9 Å². The molecule has 1 saturated carbocycles. The number of aromatic nitrogens is 4. The van der Waals surface area contributed by atoms with Gasteiger partial charge >= 0.3 is 6.18 Å². The number of ether oxygens (including phenoxy) is 1. The Hall–Kier alpha value is -2.16. The minimum absolute atomic E-state index is 0.0849. The normalized spacial score (nSPS) is 21.5. The van der Waals surface area contributed by atoms with Crippen LogP contribution in [-0.2, 0) is 4.74 Å². The molecule has 0 radical (unpaired) electrons. The van der Waals surface area contributed by atoms with Gasteiger partial charge in [-0.15, -0.1) is 5.10 Å². The molecule has 2 aromatic heterocycles. The average Bonchev–Trinajstić information content (AvgIpc) is 3.11. The molecule has 1 aliphatic rings. The van der Waals surface area contributed by atoms with Crippen LogP contribution in [0.4, 0.5) is 19.0 Å². The first-order valence-corrected chi connectivity index (χ1v) is 10.3. The van der Waals surface area contributed by atoms with Crippen LogP contribution < -0.4 is 5.32 Å². The summed E-state index contributed by atoms with van der Waals surface area (Å²) in [6.07, 6.45) is -1.22. The Labute approximate surface area is 175 Å². The third-order valence-corrected chi connectivity index (χ3v) is 5.35. The molecule has 3 rings (SSSR count). The number of methoxy groups -OCH3 is 1. The molecule has 0 saturated heterocycles. The third kappa shape index (κ3) is 5.30. The molecule has 1 fully saturated rings. The molecular formula is C21H30F3N5O. The van der Waals surface area contributed by atoms with Crippen LogP contribution >= 0.6 is 0 Å². The van der Waals surface area contributed by atoms with Gasteiger partial charge < -0.3 is 10.1 Å². The molecule has 2 aromatic rings. The zero-order chi connectivity index (χ0) is 22.1. The Morgan fingerprint density at radius 1 is 1.10 bits per heavy atom. The van der Waals surface area contributed by atoms with Gasteiger partial charge in [-0.1, -0.05) is 6.07 Å². The maximum Gasteiger partial charge on any atom is 0.410 e. The number of nitrogens with zero attached hydrogens (tertiary/aromatic N) is 4. The summed E-state index contributed by atoms with van der Waals surface area (Å²) in [5.41, 5.74) is 0.248. The minimum Gasteiger partial charge on any atom is -0.381 e. The fraction of sp³-hybridized carbons (Fsp3) is 0.667. The fourth-order valence-electron chi connectivity index (χ4n) is 3.72. The number of pyridine rings is 1. The van der Waals surface area contributed by atoms with Crippen LogP contribution in [0.3, 0.4) is 0 Å². The SMILES string of the molecule is COC1CCC(c2nc(-c3cccc(NC(C)(C)C)n3)nn2C(C)C(F)(F)F)CC1. The van der Waals surface area contributed by atoms with Gasteiger partial charge in [-0.3, -0.25) is 0 Å². The van der Waals surface area contributed by atoms with Crippen molar-refractivity contribution in [3.8, 4) is 11.5 Å². The Bertz CT molecular complexity index is 851. The summed E-state index contributed by atoms with van der Waals surface area (Å²) in [5, 5.41) is 7.53. The Kier molecular flexibility index (Phi) is 6.40. The summed E-state index contributed by atoms with van der Waals surface area (Å²) in [7, 11) is 1.67. The van der Waals surface area contributed by atoms with Crippen LogP contribution in [0.25, 0.3) is 11.5 Å². The summed E-state index contributed by atoms with van der Waals surface area (Å²) >= 11 is 0. The second-order valence-electron chi connectivity index (χ2n) is 8.95. The lowest BCUT2D eigenvalue weighted by atomic mass is 9.86. The molecule has 0 spiro atoms. The summed E-state index contributed by atoms with van der Waals surface area (Å²) < 4.78 is 47.0. The van der Waals surface area contributed by atoms with Gasteiger partial charge in [0, 0.05) is 18.6 Å². The number of hydrogen-bond acceptors (Lipinski definition) is 5. The first-order valence-electron chi connectivity index (χ1n) is 10.3. The molecule has 30 heavy (non-hydrogen) atoms. The minimum atomic E-state index is -4.41. The van der Waals surface area contributed by atoms with Crippen molar-refractivity contribution < 1.29 is 17.9 Å². The van der Waals surface area contributed by atoms with E-state index in [9.17, 15) is 13.2 Å². The number of hydrogen-bond donors (Lipinski definition) is 1. The molecule has 0 aliphatic heterocycles. The molecule has 2 heterocycles. The van der Waals surface area contributed by atoms with Crippen molar-refractivity contribution in [1.29, 1.82) is 0 Å². The van der Waals surface area contributed by atoms with Crippen molar-refractivity contribution in [3.05, 3.63) is 24.0 Å². The summed E-state index contributed by atoms with van der Waals surface area (Å²) in [6.45, 7) is 7.14. The molecule has 6 nitrogen and oxygen atoms in total. The highest BCUT2D eigenvalue weighted by atomic mass is 19.4. The van der Waals surface area contributed by atoms with Crippen molar-refractivity contribution in [2.45, 2.75) is 83.2 Å². The van der Waals surface area contributed by atoms with Crippen LogP contribution in [0.1, 0.15) is 71.2 Å². The number of nitrogens with one attached hydrogen (secondary N) is 1. The first kappa shape index (κ1) is 22.5. The zero-order valence-electron chi connectivity index (χ0n) is 18.1. The van der Waals surface area contributed by atoms with Gasteiger partial charge in [0.25, 0.3) is 0 Å². The zero-order valence-corrected chi connectivity index (χ0v) is 18.1. The monoisotopic (exact) mass is 425 g/mol. The van der Waals surface area contributed by atoms with Crippen molar-refractivity contribution in [1.82, 2.24) is 19.7 Å². The van der Waals surface area contributed by atoms with E-state index in [1.54, 1.807) is 19.2 Å². The van der Waals surface area contributed by atoms with E-state index < -0.39 is 12.2 Å². The van der Waals surface area contributed by atoms with E-state index in [1.807, 2.05) is 26.8 Å². The number of anilines is 1. The molecule has 0 aromatic carbocycles. The molecule has 1 atom stereocenters. The number of halogens is 3. The lowest BCUT2D eigenvalue weighted by Crippen LogP contribution is -2.28. The van der Waals surface area contributed by atoms with Crippen LogP contribution in [0.5, 0.6) is 0 Å². The van der Waals surface area contributed by atoms with Gasteiger partial charge in [-0.05, 0) is 65.5 Å². The highest BCUT2D eigenvalue weighted by Gasteiger charge is 2.41. The molecular weight excluding hydrogens is 395 g/mol. The number of alkyl halides is 3. The predicted molar refractivity (Wildman–Crippen MR) is 109 cm³/mol. The van der Waals surface area contributed by atoms with Gasteiger partial charge in [0.05, 0.1) is 6.10 Å². The standard InChI is InChI=1S/C21H30F3N5O/c1-13(21(22,23)24)29-19(14-9-11-15(30-5)12-10-14)26-18(28-29)16-7-6-8-17(25-16)27-20(2,3)4/h6-8,13-15H,9-12H2,1-5H3,(H,25,27). The van der Waals surface area contributed by atoms with Crippen molar-refractivity contribution in [2.75, 3.05) is 12.4 Å². The molecule has 1 N–H and O–H groups in total. The largest absolute Gasteiger partial charge is 0.410 e. The van der Waals surface area contributed by atoms with Crippen molar-refractivity contribution in [2.24, 2.45) is 0 Å². The van der Waals surface area contributed by atoms with E-state index in [-0.39, 0.29) is 23.4 Å². The van der Waals surface area contributed by atoms with Crippen LogP contribution in [0.2, 0.25) is 0 Å². The molecule has 9 heteroatoms. The summed E-state index contributed by atoms with van der Waals surface area (Å²) in [4.78, 5) is 9.07. The molecule has 0 bridgehead atoms. The maximum atomic E-state index is 13.5. The second-order valence-corrected chi connectivity index (χ2v) is 8.95. The van der Waals surface area contributed by atoms with Gasteiger partial charge in [-0.2, -0.15) is 13.2 Å². The lowest BCUT2D eigenvalue weighted by molar-refractivity contribution is -0.166. The maximum absolute atomic E-state index is 13.5. The fourth-order valence-corrected chi connectivity index (χ4v) is 3.72. The van der Waals surface area contributed by atoms with Crippen molar-refractivity contribution >= 4 is 5.82 Å². The Morgan fingerprint density at radius 3 is 2.33 bits per heavy atom. The Balaban J connectivity index is 1.97. The van der Waals surface area contributed by atoms with E-state index in [0.717, 1.165) is 37.3 Å². The van der Waals surface area contributed by atoms with E-state index in [1.165, 1.54) is 0 Å². The second kappa shape index (κ2) is 8.53. The van der Waals surface area contributed by atoms with E-state index in [2.05, 4.69) is 20.4 Å². The van der Waals surface area contributed by atoms with Gasteiger partial charge in [0.2, 0.25) is 0 Å². The molecule has 0 amide bonds. The molecule has 1 aliphatic carbocycles. The Morgan fingerprint density at radius 2 is 1.77 bits per heavy atom. The van der Waals surface area contributed by atoms with Gasteiger partial charge in [0.1, 0.15) is 23.4 Å². The molecule has 166 valence electrons. The van der Waals surface area contributed by atoms with Crippen molar-refractivity contribution in [3.63, 3.8) is 0 Å². The number of rotatable bonds is 5. The van der Waals surface area contributed by atoms with Crippen LogP contribution in [0, 0.1) is 0 Å².